The van der Waals surface area contributed by atoms with E-state index in [2.05, 4.69) is 21.0 Å². The standard InChI is InChI=1S/C36H45N7O8S3/c1-27-6-8-29(9-7-27)54(46,47)51-23-22-50-21-20-49-19-16-43-33-5-3-4-30(31(33)25-37-43)35-38-32-24-28(26-40-10-12-42(13-11-40)53(2,44)45)52-34(32)36(39-35)41-14-17-48-18-15-41/h3-9,24-25H,10-23,26H2,1-2H3. The van der Waals surface area contributed by atoms with Crippen molar-refractivity contribution in [2.75, 3.05) is 96.7 Å². The lowest BCUT2D eigenvalue weighted by molar-refractivity contribution is 0.0343. The Morgan fingerprint density at radius 1 is 0.852 bits per heavy atom. The van der Waals surface area contributed by atoms with Gasteiger partial charge in [0.05, 0.1) is 85.9 Å². The van der Waals surface area contributed by atoms with Gasteiger partial charge in [0.15, 0.2) is 11.6 Å². The van der Waals surface area contributed by atoms with Gasteiger partial charge in [-0.3, -0.25) is 13.8 Å². The first-order valence-electron chi connectivity index (χ1n) is 17.9. The summed E-state index contributed by atoms with van der Waals surface area (Å²) in [5.41, 5.74) is 3.68. The fourth-order valence-corrected chi connectivity index (χ4v) is 9.39. The molecule has 2 fully saturated rings. The number of fused-ring (bicyclic) bond motifs is 2. The summed E-state index contributed by atoms with van der Waals surface area (Å²) in [4.78, 5) is 16.1. The van der Waals surface area contributed by atoms with E-state index in [1.807, 2.05) is 36.0 Å². The predicted molar refractivity (Wildman–Crippen MR) is 207 cm³/mol. The van der Waals surface area contributed by atoms with Gasteiger partial charge >= 0.3 is 0 Å². The Balaban J connectivity index is 0.973. The zero-order valence-corrected chi connectivity index (χ0v) is 32.9. The number of sulfonamides is 1. The van der Waals surface area contributed by atoms with E-state index in [4.69, 9.17) is 28.4 Å². The highest BCUT2D eigenvalue weighted by molar-refractivity contribution is 7.88. The van der Waals surface area contributed by atoms with Gasteiger partial charge in [-0.1, -0.05) is 29.8 Å². The van der Waals surface area contributed by atoms with Crippen molar-refractivity contribution >= 4 is 58.4 Å². The molecule has 18 heteroatoms. The fourth-order valence-electron chi connectivity index (χ4n) is 6.52. The van der Waals surface area contributed by atoms with Crippen LogP contribution < -0.4 is 4.90 Å². The number of benzene rings is 2. The average Bonchev–Trinajstić information content (AvgIpc) is 3.77. The molecule has 2 saturated heterocycles. The lowest BCUT2D eigenvalue weighted by atomic mass is 10.1. The molecule has 0 radical (unpaired) electrons. The second kappa shape index (κ2) is 17.1. The highest BCUT2D eigenvalue weighted by Gasteiger charge is 2.25. The van der Waals surface area contributed by atoms with Gasteiger partial charge in [-0.05, 0) is 31.2 Å². The Morgan fingerprint density at radius 2 is 1.57 bits per heavy atom. The molecule has 290 valence electrons. The molecule has 0 unspecified atom stereocenters. The molecule has 7 rings (SSSR count). The zero-order valence-electron chi connectivity index (χ0n) is 30.4. The summed E-state index contributed by atoms with van der Waals surface area (Å²) in [6.45, 7) is 9.31. The van der Waals surface area contributed by atoms with Crippen molar-refractivity contribution in [3.05, 3.63) is 65.2 Å². The van der Waals surface area contributed by atoms with Gasteiger partial charge in [-0.25, -0.2) is 18.4 Å². The molecule has 0 saturated carbocycles. The number of nitrogens with zero attached hydrogens (tertiary/aromatic N) is 7. The molecule has 2 aliphatic rings. The molecule has 2 aliphatic heterocycles. The summed E-state index contributed by atoms with van der Waals surface area (Å²) in [5, 5.41) is 5.60. The summed E-state index contributed by atoms with van der Waals surface area (Å²) >= 11 is 1.70. The monoisotopic (exact) mass is 799 g/mol. The van der Waals surface area contributed by atoms with E-state index in [1.54, 1.807) is 27.8 Å². The first-order chi connectivity index (χ1) is 26.0. The van der Waals surface area contributed by atoms with Crippen LogP contribution in [-0.4, -0.2) is 138 Å². The summed E-state index contributed by atoms with van der Waals surface area (Å²) in [5.74, 6) is 1.53. The molecule has 5 heterocycles. The number of ether oxygens (including phenoxy) is 3. The van der Waals surface area contributed by atoms with E-state index in [1.165, 1.54) is 18.4 Å². The highest BCUT2D eigenvalue weighted by Crippen LogP contribution is 2.36. The molecule has 3 aromatic heterocycles. The molecule has 15 nitrogen and oxygen atoms in total. The highest BCUT2D eigenvalue weighted by atomic mass is 32.2. The molecule has 54 heavy (non-hydrogen) atoms. The molecule has 0 N–H and O–H groups in total. The largest absolute Gasteiger partial charge is 0.378 e. The van der Waals surface area contributed by atoms with Crippen LogP contribution in [0.3, 0.4) is 0 Å². The van der Waals surface area contributed by atoms with Gasteiger partial charge in [-0.2, -0.15) is 17.8 Å². The van der Waals surface area contributed by atoms with Crippen LogP contribution >= 0.6 is 11.3 Å². The average molecular weight is 800 g/mol. The molecular weight excluding hydrogens is 755 g/mol. The summed E-state index contributed by atoms with van der Waals surface area (Å²) in [6, 6.07) is 14.7. The summed E-state index contributed by atoms with van der Waals surface area (Å²) < 4.78 is 75.1. The number of anilines is 1. The zero-order chi connectivity index (χ0) is 37.7. The van der Waals surface area contributed by atoms with Gasteiger partial charge in [0.2, 0.25) is 10.0 Å². The Kier molecular flexibility index (Phi) is 12.2. The van der Waals surface area contributed by atoms with Crippen molar-refractivity contribution in [3.8, 4) is 11.4 Å². The van der Waals surface area contributed by atoms with Crippen LogP contribution in [0.1, 0.15) is 10.4 Å². The smallest absolute Gasteiger partial charge is 0.297 e. The van der Waals surface area contributed by atoms with Crippen molar-refractivity contribution in [1.82, 2.24) is 29.0 Å². The molecule has 0 aliphatic carbocycles. The number of piperazine rings is 1. The Bertz CT molecular complexity index is 2270. The number of thiophene rings is 1. The SMILES string of the molecule is Cc1ccc(S(=O)(=O)OCCOCCOCCn2ncc3c(-c4nc(N5CCOCC5)c5sc(CN6CCN(S(C)(=O)=O)CC6)cc5n4)cccc32)cc1. The third-order valence-electron chi connectivity index (χ3n) is 9.42. The van der Waals surface area contributed by atoms with Gasteiger partial charge in [0.1, 0.15) is 0 Å². The molecule has 0 bridgehead atoms. The van der Waals surface area contributed by atoms with E-state index < -0.39 is 20.1 Å². The van der Waals surface area contributed by atoms with Gasteiger partial charge in [0, 0.05) is 61.6 Å². The lowest BCUT2D eigenvalue weighted by Crippen LogP contribution is -2.47. The second-order valence-corrected chi connectivity index (χ2v) is 18.0. The minimum atomic E-state index is -3.82. The molecule has 2 aromatic carbocycles. The molecule has 0 atom stereocenters. The topological polar surface area (TPSA) is 159 Å². The van der Waals surface area contributed by atoms with Crippen LogP contribution in [0.4, 0.5) is 5.82 Å². The molecule has 0 amide bonds. The van der Waals surface area contributed by atoms with Crippen molar-refractivity contribution in [1.29, 1.82) is 0 Å². The maximum Gasteiger partial charge on any atom is 0.297 e. The van der Waals surface area contributed by atoms with Crippen molar-refractivity contribution in [2.45, 2.75) is 24.9 Å². The van der Waals surface area contributed by atoms with Crippen molar-refractivity contribution < 1.29 is 35.2 Å². The summed E-state index contributed by atoms with van der Waals surface area (Å²) in [7, 11) is -7.01. The summed E-state index contributed by atoms with van der Waals surface area (Å²) in [6.07, 6.45) is 3.11. The van der Waals surface area contributed by atoms with E-state index in [-0.39, 0.29) is 18.1 Å². The number of hydrogen-bond acceptors (Lipinski definition) is 14. The maximum atomic E-state index is 12.3. The maximum absolute atomic E-state index is 12.3. The molecule has 5 aromatic rings. The second-order valence-electron chi connectivity index (χ2n) is 13.3. The van der Waals surface area contributed by atoms with Crippen LogP contribution in [0, 0.1) is 6.92 Å². The van der Waals surface area contributed by atoms with Crippen LogP contribution in [0.25, 0.3) is 32.5 Å². The molecular formula is C36H45N7O8S3. The van der Waals surface area contributed by atoms with Crippen molar-refractivity contribution in [3.63, 3.8) is 0 Å². The van der Waals surface area contributed by atoms with E-state index in [0.29, 0.717) is 71.6 Å². The van der Waals surface area contributed by atoms with E-state index in [9.17, 15) is 16.8 Å². The third-order valence-corrected chi connectivity index (χ3v) is 13.2. The predicted octanol–water partition coefficient (Wildman–Crippen LogP) is 3.37. The number of morpholine rings is 1. The van der Waals surface area contributed by atoms with Crippen LogP contribution in [-0.2, 0) is 51.6 Å². The minimum Gasteiger partial charge on any atom is -0.378 e. The first-order valence-corrected chi connectivity index (χ1v) is 22.0. The first kappa shape index (κ1) is 38.7. The number of hydrogen-bond donors (Lipinski definition) is 0. The fraction of sp³-hybridized carbons (Fsp3) is 0.472. The van der Waals surface area contributed by atoms with Gasteiger partial charge in [-0.15, -0.1) is 11.3 Å². The Labute approximate surface area is 319 Å². The quantitative estimate of drug-likeness (QED) is 0.106. The Hall–Kier alpha value is -3.59. The van der Waals surface area contributed by atoms with Gasteiger partial charge < -0.3 is 19.1 Å². The number of aromatic nitrogens is 4. The Morgan fingerprint density at radius 3 is 2.31 bits per heavy atom. The number of aryl methyl sites for hydroxylation is 1. The van der Waals surface area contributed by atoms with Gasteiger partial charge in [0.25, 0.3) is 10.1 Å². The van der Waals surface area contributed by atoms with Crippen LogP contribution in [0.2, 0.25) is 0 Å². The lowest BCUT2D eigenvalue weighted by Gasteiger charge is -2.32. The third kappa shape index (κ3) is 9.26. The normalized spacial score (nSPS) is 16.5. The van der Waals surface area contributed by atoms with Crippen molar-refractivity contribution in [2.24, 2.45) is 0 Å². The van der Waals surface area contributed by atoms with E-state index in [0.717, 1.165) is 62.6 Å². The minimum absolute atomic E-state index is 0.0808. The van der Waals surface area contributed by atoms with E-state index >= 15 is 0 Å². The number of rotatable bonds is 16. The molecule has 0 spiro atoms. The van der Waals surface area contributed by atoms with Crippen LogP contribution in [0.5, 0.6) is 0 Å². The van der Waals surface area contributed by atoms with Crippen LogP contribution in [0.15, 0.2) is 59.6 Å².